The zero-order chi connectivity index (χ0) is 13.5. The summed E-state index contributed by atoms with van der Waals surface area (Å²) in [6.45, 7) is 9.82. The number of aliphatic hydroxyl groups excluding tert-OH is 1. The molecular formula is C15H25NO2. The monoisotopic (exact) mass is 251 g/mol. The lowest BCUT2D eigenvalue weighted by Gasteiger charge is -2.19. The molecule has 1 unspecified atom stereocenters. The van der Waals surface area contributed by atoms with Crippen molar-refractivity contribution in [3.05, 3.63) is 28.8 Å². The molecular weight excluding hydrogens is 226 g/mol. The minimum absolute atomic E-state index is 0.00395. The van der Waals surface area contributed by atoms with Gasteiger partial charge in [0.15, 0.2) is 0 Å². The lowest BCUT2D eigenvalue weighted by Crippen LogP contribution is -2.38. The molecule has 3 heteroatoms. The molecule has 2 N–H and O–H groups in total. The number of rotatable bonds is 7. The van der Waals surface area contributed by atoms with Gasteiger partial charge in [-0.3, -0.25) is 0 Å². The first-order valence-electron chi connectivity index (χ1n) is 6.64. The lowest BCUT2D eigenvalue weighted by molar-refractivity contribution is 0.182. The molecule has 0 fully saturated rings. The van der Waals surface area contributed by atoms with Crippen LogP contribution in [-0.2, 0) is 0 Å². The number of hydrogen-bond acceptors (Lipinski definition) is 3. The Bertz CT molecular complexity index is 377. The van der Waals surface area contributed by atoms with Crippen LogP contribution in [0.2, 0.25) is 0 Å². The van der Waals surface area contributed by atoms with E-state index in [9.17, 15) is 5.11 Å². The summed E-state index contributed by atoms with van der Waals surface area (Å²) in [7, 11) is 0. The molecule has 102 valence electrons. The molecule has 0 spiro atoms. The Labute approximate surface area is 110 Å². The van der Waals surface area contributed by atoms with E-state index in [-0.39, 0.29) is 12.6 Å². The average Bonchev–Trinajstić information content (AvgIpc) is 2.37. The van der Waals surface area contributed by atoms with Crippen molar-refractivity contribution in [1.82, 2.24) is 5.32 Å². The fourth-order valence-corrected chi connectivity index (χ4v) is 1.86. The van der Waals surface area contributed by atoms with Crippen LogP contribution in [0.4, 0.5) is 0 Å². The second-order valence-electron chi connectivity index (χ2n) is 4.80. The van der Waals surface area contributed by atoms with Gasteiger partial charge < -0.3 is 15.2 Å². The van der Waals surface area contributed by atoms with E-state index in [2.05, 4.69) is 45.1 Å². The van der Waals surface area contributed by atoms with Crippen LogP contribution in [0, 0.1) is 20.8 Å². The Balaban J connectivity index is 2.64. The lowest BCUT2D eigenvalue weighted by atomic mass is 10.1. The Morgan fingerprint density at radius 3 is 2.50 bits per heavy atom. The van der Waals surface area contributed by atoms with Crippen LogP contribution in [0.3, 0.4) is 0 Å². The van der Waals surface area contributed by atoms with Gasteiger partial charge in [0.2, 0.25) is 0 Å². The third-order valence-electron chi connectivity index (χ3n) is 3.21. The predicted molar refractivity (Wildman–Crippen MR) is 75.3 cm³/mol. The summed E-state index contributed by atoms with van der Waals surface area (Å²) in [5.41, 5.74) is 3.56. The summed E-state index contributed by atoms with van der Waals surface area (Å²) < 4.78 is 5.88. The molecule has 1 rings (SSSR count). The summed E-state index contributed by atoms with van der Waals surface area (Å²) in [5.74, 6) is 0.951. The van der Waals surface area contributed by atoms with E-state index in [1.54, 1.807) is 0 Å². The van der Waals surface area contributed by atoms with E-state index in [1.165, 1.54) is 11.1 Å². The highest BCUT2D eigenvalue weighted by atomic mass is 16.5. The van der Waals surface area contributed by atoms with E-state index in [4.69, 9.17) is 4.74 Å². The first-order valence-corrected chi connectivity index (χ1v) is 6.64. The Morgan fingerprint density at radius 1 is 1.22 bits per heavy atom. The first kappa shape index (κ1) is 15.0. The molecule has 0 aliphatic rings. The smallest absolute Gasteiger partial charge is 0.125 e. The number of hydrogen-bond donors (Lipinski definition) is 2. The fourth-order valence-electron chi connectivity index (χ4n) is 1.86. The van der Waals surface area contributed by atoms with Crippen molar-refractivity contribution in [2.24, 2.45) is 0 Å². The van der Waals surface area contributed by atoms with Gasteiger partial charge in [0, 0.05) is 0 Å². The summed E-state index contributed by atoms with van der Waals surface area (Å²) in [4.78, 5) is 0. The quantitative estimate of drug-likeness (QED) is 0.781. The molecule has 0 heterocycles. The highest BCUT2D eigenvalue weighted by molar-refractivity contribution is 5.44. The van der Waals surface area contributed by atoms with Gasteiger partial charge in [-0.2, -0.15) is 0 Å². The van der Waals surface area contributed by atoms with Crippen LogP contribution in [0.1, 0.15) is 30.0 Å². The minimum Gasteiger partial charge on any atom is -0.491 e. The van der Waals surface area contributed by atoms with Gasteiger partial charge in [-0.15, -0.1) is 0 Å². The maximum Gasteiger partial charge on any atom is 0.125 e. The van der Waals surface area contributed by atoms with Crippen LogP contribution in [0.25, 0.3) is 0 Å². The molecule has 0 saturated heterocycles. The summed E-state index contributed by atoms with van der Waals surface area (Å²) in [5, 5.41) is 12.5. The largest absolute Gasteiger partial charge is 0.491 e. The maximum absolute atomic E-state index is 9.28. The minimum atomic E-state index is 0.00395. The van der Waals surface area contributed by atoms with Gasteiger partial charge in [-0.25, -0.2) is 0 Å². The molecule has 1 aromatic rings. The van der Waals surface area contributed by atoms with Gasteiger partial charge in [0.05, 0.1) is 12.6 Å². The summed E-state index contributed by atoms with van der Waals surface area (Å²) in [6.07, 6.45) is 1.05. The molecule has 18 heavy (non-hydrogen) atoms. The molecule has 3 nitrogen and oxygen atoms in total. The fraction of sp³-hybridized carbons (Fsp3) is 0.600. The third-order valence-corrected chi connectivity index (χ3v) is 3.21. The van der Waals surface area contributed by atoms with Crippen molar-refractivity contribution in [3.8, 4) is 5.75 Å². The highest BCUT2D eigenvalue weighted by Gasteiger charge is 2.10. The standard InChI is InChI=1S/C15H25NO2/c1-5-8-16-14(9-17)10-18-15-12(3)7-6-11(2)13(15)4/h6-7,14,16-17H,5,8-10H2,1-4H3. The summed E-state index contributed by atoms with van der Waals surface area (Å²) >= 11 is 0. The van der Waals surface area contributed by atoms with Crippen LogP contribution in [0.5, 0.6) is 5.75 Å². The van der Waals surface area contributed by atoms with Gasteiger partial charge in [-0.05, 0) is 50.4 Å². The van der Waals surface area contributed by atoms with Crippen molar-refractivity contribution in [3.63, 3.8) is 0 Å². The predicted octanol–water partition coefficient (Wildman–Crippen LogP) is 2.35. The number of nitrogens with one attached hydrogen (secondary N) is 1. The maximum atomic E-state index is 9.28. The van der Waals surface area contributed by atoms with E-state index in [1.807, 2.05) is 0 Å². The van der Waals surface area contributed by atoms with Crippen molar-refractivity contribution in [2.45, 2.75) is 40.2 Å². The summed E-state index contributed by atoms with van der Waals surface area (Å²) in [6, 6.07) is 4.19. The molecule has 1 aromatic carbocycles. The SMILES string of the molecule is CCCNC(CO)COc1c(C)ccc(C)c1C. The van der Waals surface area contributed by atoms with E-state index in [0.717, 1.165) is 24.3 Å². The number of aryl methyl sites for hydroxylation is 2. The third kappa shape index (κ3) is 4.00. The Morgan fingerprint density at radius 2 is 1.89 bits per heavy atom. The molecule has 0 bridgehead atoms. The zero-order valence-electron chi connectivity index (χ0n) is 11.9. The van der Waals surface area contributed by atoms with E-state index >= 15 is 0 Å². The van der Waals surface area contributed by atoms with Crippen LogP contribution in [-0.4, -0.2) is 30.9 Å². The molecule has 0 aliphatic heterocycles. The highest BCUT2D eigenvalue weighted by Crippen LogP contribution is 2.25. The first-order chi connectivity index (χ1) is 8.60. The van der Waals surface area contributed by atoms with Crippen molar-refractivity contribution in [1.29, 1.82) is 0 Å². The van der Waals surface area contributed by atoms with Gasteiger partial charge >= 0.3 is 0 Å². The second-order valence-corrected chi connectivity index (χ2v) is 4.80. The molecule has 0 aliphatic carbocycles. The van der Waals surface area contributed by atoms with Crippen LogP contribution in [0.15, 0.2) is 12.1 Å². The molecule has 0 radical (unpaired) electrons. The normalized spacial score (nSPS) is 12.5. The topological polar surface area (TPSA) is 41.5 Å². The van der Waals surface area contributed by atoms with E-state index in [0.29, 0.717) is 6.61 Å². The van der Waals surface area contributed by atoms with Crippen molar-refractivity contribution >= 4 is 0 Å². The Hall–Kier alpha value is -1.06. The second kappa shape index (κ2) is 7.39. The molecule has 0 saturated carbocycles. The van der Waals surface area contributed by atoms with Crippen LogP contribution >= 0.6 is 0 Å². The van der Waals surface area contributed by atoms with Crippen LogP contribution < -0.4 is 10.1 Å². The number of aliphatic hydroxyl groups is 1. The van der Waals surface area contributed by atoms with Crippen molar-refractivity contribution in [2.75, 3.05) is 19.8 Å². The number of benzene rings is 1. The van der Waals surface area contributed by atoms with Gasteiger partial charge in [0.1, 0.15) is 12.4 Å². The van der Waals surface area contributed by atoms with Crippen molar-refractivity contribution < 1.29 is 9.84 Å². The number of ether oxygens (including phenoxy) is 1. The van der Waals surface area contributed by atoms with Gasteiger partial charge in [-0.1, -0.05) is 19.1 Å². The molecule has 1 atom stereocenters. The van der Waals surface area contributed by atoms with Gasteiger partial charge in [0.25, 0.3) is 0 Å². The average molecular weight is 251 g/mol. The zero-order valence-corrected chi connectivity index (χ0v) is 11.9. The van der Waals surface area contributed by atoms with E-state index < -0.39 is 0 Å². The molecule has 0 amide bonds. The molecule has 0 aromatic heterocycles. The Kier molecular flexibility index (Phi) is 6.16.